The first kappa shape index (κ1) is 20.4. The van der Waals surface area contributed by atoms with Gasteiger partial charge in [-0.05, 0) is 24.6 Å². The van der Waals surface area contributed by atoms with Crippen molar-refractivity contribution in [2.24, 2.45) is 0 Å². The Morgan fingerprint density at radius 2 is 1.83 bits per heavy atom. The number of carbonyl (C=O) groups is 1. The van der Waals surface area contributed by atoms with E-state index in [0.29, 0.717) is 25.4 Å². The highest BCUT2D eigenvalue weighted by molar-refractivity contribution is 5.92. The first-order valence-electron chi connectivity index (χ1n) is 9.19. The Labute approximate surface area is 168 Å². The summed E-state index contributed by atoms with van der Waals surface area (Å²) in [7, 11) is 1.54. The molecule has 0 fully saturated rings. The van der Waals surface area contributed by atoms with Crippen molar-refractivity contribution < 1.29 is 13.9 Å². The maximum Gasteiger partial charge on any atom is 0.278 e. The second-order valence-electron chi connectivity index (χ2n) is 6.57. The highest BCUT2D eigenvalue weighted by Gasteiger charge is 2.22. The summed E-state index contributed by atoms with van der Waals surface area (Å²) in [6, 6.07) is 16.8. The summed E-state index contributed by atoms with van der Waals surface area (Å²) < 4.78 is 20.6. The van der Waals surface area contributed by atoms with Crippen molar-refractivity contribution in [3.63, 3.8) is 0 Å². The molecule has 0 aliphatic rings. The molecular weight excluding hydrogens is 373 g/mol. The summed E-state index contributed by atoms with van der Waals surface area (Å²) in [6.45, 7) is 2.55. The molecule has 0 aliphatic heterocycles. The predicted molar refractivity (Wildman–Crippen MR) is 108 cm³/mol. The molecule has 150 valence electrons. The number of methoxy groups -OCH3 is 1. The van der Waals surface area contributed by atoms with Crippen LogP contribution in [0, 0.1) is 12.7 Å². The fraction of sp³-hybridized carbons (Fsp3) is 0.227. The summed E-state index contributed by atoms with van der Waals surface area (Å²) in [5, 5.41) is 4.21. The van der Waals surface area contributed by atoms with Crippen LogP contribution in [0.2, 0.25) is 0 Å². The first-order chi connectivity index (χ1) is 14.0. The third-order valence-corrected chi connectivity index (χ3v) is 4.46. The second kappa shape index (κ2) is 9.25. The highest BCUT2D eigenvalue weighted by Crippen LogP contribution is 2.14. The maximum atomic E-state index is 14.3. The molecule has 0 N–H and O–H groups in total. The lowest BCUT2D eigenvalue weighted by Gasteiger charge is -2.22. The van der Waals surface area contributed by atoms with Crippen LogP contribution in [-0.4, -0.2) is 40.8 Å². The van der Waals surface area contributed by atoms with Gasteiger partial charge in [-0.25, -0.2) is 9.07 Å². The standard InChI is InChI=1S/C22H22FN3O3/c1-16-14-20(27)21(24-26(16)19-11-7-6-10-18(19)23)22(28)25(12-13-29-2)15-17-8-4-3-5-9-17/h3-11,14H,12-13,15H2,1-2H3. The molecule has 0 saturated carbocycles. The van der Waals surface area contributed by atoms with Gasteiger partial charge >= 0.3 is 0 Å². The number of hydrogen-bond acceptors (Lipinski definition) is 4. The lowest BCUT2D eigenvalue weighted by molar-refractivity contribution is 0.0671. The molecule has 0 radical (unpaired) electrons. The van der Waals surface area contributed by atoms with Crippen molar-refractivity contribution in [3.05, 3.63) is 93.7 Å². The summed E-state index contributed by atoms with van der Waals surface area (Å²) in [5.74, 6) is -1.02. The molecule has 29 heavy (non-hydrogen) atoms. The van der Waals surface area contributed by atoms with E-state index >= 15 is 0 Å². The minimum atomic E-state index is -0.527. The molecule has 0 aliphatic carbocycles. The maximum absolute atomic E-state index is 14.3. The third kappa shape index (κ3) is 4.75. The van der Waals surface area contributed by atoms with Crippen molar-refractivity contribution >= 4 is 5.91 Å². The Morgan fingerprint density at radius 1 is 1.14 bits per heavy atom. The second-order valence-corrected chi connectivity index (χ2v) is 6.57. The zero-order chi connectivity index (χ0) is 20.8. The van der Waals surface area contributed by atoms with Crippen molar-refractivity contribution in [2.45, 2.75) is 13.5 Å². The van der Waals surface area contributed by atoms with Crippen LogP contribution in [0.5, 0.6) is 0 Å². The summed E-state index contributed by atoms with van der Waals surface area (Å²) in [5.41, 5.74) is 0.758. The zero-order valence-electron chi connectivity index (χ0n) is 16.3. The van der Waals surface area contributed by atoms with E-state index in [1.54, 1.807) is 32.2 Å². The van der Waals surface area contributed by atoms with Gasteiger partial charge in [-0.15, -0.1) is 0 Å². The number of rotatable bonds is 7. The lowest BCUT2D eigenvalue weighted by Crippen LogP contribution is -2.38. The third-order valence-electron chi connectivity index (χ3n) is 4.46. The van der Waals surface area contributed by atoms with E-state index in [2.05, 4.69) is 5.10 Å². The van der Waals surface area contributed by atoms with E-state index in [1.165, 1.54) is 21.7 Å². The molecule has 7 heteroatoms. The van der Waals surface area contributed by atoms with Crippen LogP contribution in [0.3, 0.4) is 0 Å². The highest BCUT2D eigenvalue weighted by atomic mass is 19.1. The largest absolute Gasteiger partial charge is 0.383 e. The average Bonchev–Trinajstić information content (AvgIpc) is 2.72. The number of para-hydroxylation sites is 1. The Morgan fingerprint density at radius 3 is 2.52 bits per heavy atom. The van der Waals surface area contributed by atoms with E-state index in [9.17, 15) is 14.0 Å². The molecule has 1 aromatic heterocycles. The van der Waals surface area contributed by atoms with Crippen LogP contribution in [0.1, 0.15) is 21.7 Å². The van der Waals surface area contributed by atoms with E-state index in [4.69, 9.17) is 4.74 Å². The number of carbonyl (C=O) groups excluding carboxylic acids is 1. The number of halogens is 1. The van der Waals surface area contributed by atoms with E-state index < -0.39 is 17.2 Å². The molecule has 0 atom stereocenters. The minimum absolute atomic E-state index is 0.172. The summed E-state index contributed by atoms with van der Waals surface area (Å²) in [6.07, 6.45) is 0. The Hall–Kier alpha value is -3.32. The summed E-state index contributed by atoms with van der Waals surface area (Å²) in [4.78, 5) is 27.2. The fourth-order valence-electron chi connectivity index (χ4n) is 2.97. The van der Waals surface area contributed by atoms with Gasteiger partial charge < -0.3 is 9.64 Å². The monoisotopic (exact) mass is 395 g/mol. The van der Waals surface area contributed by atoms with Crippen LogP contribution in [0.15, 0.2) is 65.5 Å². The molecule has 3 rings (SSSR count). The molecule has 6 nitrogen and oxygen atoms in total. The SMILES string of the molecule is COCCN(Cc1ccccc1)C(=O)c1nn(-c2ccccc2F)c(C)cc1=O. The first-order valence-corrected chi connectivity index (χ1v) is 9.19. The summed E-state index contributed by atoms with van der Waals surface area (Å²) >= 11 is 0. The topological polar surface area (TPSA) is 64.4 Å². The average molecular weight is 395 g/mol. The van der Waals surface area contributed by atoms with Gasteiger partial charge in [-0.3, -0.25) is 9.59 Å². The van der Waals surface area contributed by atoms with Crippen molar-refractivity contribution in [1.29, 1.82) is 0 Å². The Bertz CT molecular complexity index is 1050. The number of ether oxygens (including phenoxy) is 1. The number of nitrogens with zero attached hydrogens (tertiary/aromatic N) is 3. The smallest absolute Gasteiger partial charge is 0.278 e. The van der Waals surface area contributed by atoms with Gasteiger partial charge in [0.1, 0.15) is 11.5 Å². The minimum Gasteiger partial charge on any atom is -0.383 e. The van der Waals surface area contributed by atoms with E-state index in [1.807, 2.05) is 30.3 Å². The van der Waals surface area contributed by atoms with Gasteiger partial charge in [0.2, 0.25) is 5.43 Å². The van der Waals surface area contributed by atoms with Crippen molar-refractivity contribution in [2.75, 3.05) is 20.3 Å². The molecule has 1 amide bonds. The van der Waals surface area contributed by atoms with Crippen LogP contribution in [0.4, 0.5) is 4.39 Å². The van der Waals surface area contributed by atoms with Crippen LogP contribution in [0.25, 0.3) is 5.69 Å². The van der Waals surface area contributed by atoms with Gasteiger partial charge in [0.05, 0.1) is 6.61 Å². The number of amides is 1. The van der Waals surface area contributed by atoms with Gasteiger partial charge in [0.15, 0.2) is 5.69 Å². The zero-order valence-corrected chi connectivity index (χ0v) is 16.3. The molecule has 0 saturated heterocycles. The normalized spacial score (nSPS) is 10.7. The fourth-order valence-corrected chi connectivity index (χ4v) is 2.97. The van der Waals surface area contributed by atoms with Gasteiger partial charge in [0, 0.05) is 32.0 Å². The van der Waals surface area contributed by atoms with Gasteiger partial charge in [-0.1, -0.05) is 42.5 Å². The van der Waals surface area contributed by atoms with Crippen LogP contribution in [-0.2, 0) is 11.3 Å². The molecule has 0 spiro atoms. The van der Waals surface area contributed by atoms with Crippen molar-refractivity contribution in [1.82, 2.24) is 14.7 Å². The molecule has 3 aromatic rings. The predicted octanol–water partition coefficient (Wildman–Crippen LogP) is 2.97. The molecule has 2 aromatic carbocycles. The van der Waals surface area contributed by atoms with E-state index in [0.717, 1.165) is 5.56 Å². The van der Waals surface area contributed by atoms with Crippen molar-refractivity contribution in [3.8, 4) is 5.69 Å². The lowest BCUT2D eigenvalue weighted by atomic mass is 10.2. The molecular formula is C22H22FN3O3. The number of aromatic nitrogens is 2. The van der Waals surface area contributed by atoms with Gasteiger partial charge in [0.25, 0.3) is 5.91 Å². The van der Waals surface area contributed by atoms with Crippen LogP contribution < -0.4 is 5.43 Å². The van der Waals surface area contributed by atoms with E-state index in [-0.39, 0.29) is 11.4 Å². The number of hydrogen-bond donors (Lipinski definition) is 0. The van der Waals surface area contributed by atoms with Crippen LogP contribution >= 0.6 is 0 Å². The molecule has 1 heterocycles. The molecule has 0 bridgehead atoms. The molecule has 0 unspecified atom stereocenters. The number of benzene rings is 2. The quantitative estimate of drug-likeness (QED) is 0.617. The van der Waals surface area contributed by atoms with Gasteiger partial charge in [-0.2, -0.15) is 5.10 Å². The number of aryl methyl sites for hydroxylation is 1. The Balaban J connectivity index is 2.00. The Kier molecular flexibility index (Phi) is 6.51.